The number of nitrogens with one attached hydrogen (secondary N) is 1. The molecule has 14 heavy (non-hydrogen) atoms. The summed E-state index contributed by atoms with van der Waals surface area (Å²) >= 11 is 3.49. The predicted octanol–water partition coefficient (Wildman–Crippen LogP) is 2.50. The van der Waals surface area contributed by atoms with Gasteiger partial charge in [0.1, 0.15) is 11.4 Å². The van der Waals surface area contributed by atoms with Gasteiger partial charge in [-0.3, -0.25) is 0 Å². The van der Waals surface area contributed by atoms with E-state index in [1.807, 2.05) is 6.07 Å². The van der Waals surface area contributed by atoms with E-state index in [1.165, 1.54) is 5.56 Å². The average molecular weight is 256 g/mol. The number of hydrogen-bond donors (Lipinski definition) is 1. The van der Waals surface area contributed by atoms with E-state index >= 15 is 0 Å². The van der Waals surface area contributed by atoms with E-state index in [2.05, 4.69) is 47.2 Å². The van der Waals surface area contributed by atoms with Crippen LogP contribution in [0.3, 0.4) is 0 Å². The summed E-state index contributed by atoms with van der Waals surface area (Å²) in [7, 11) is 0. The summed E-state index contributed by atoms with van der Waals surface area (Å²) in [5.74, 6) is 0.939. The molecule has 0 unspecified atom stereocenters. The van der Waals surface area contributed by atoms with Crippen molar-refractivity contribution in [3.8, 4) is 5.75 Å². The van der Waals surface area contributed by atoms with Crippen LogP contribution in [-0.4, -0.2) is 18.7 Å². The van der Waals surface area contributed by atoms with Crippen LogP contribution in [0.4, 0.5) is 0 Å². The molecule has 0 aliphatic carbocycles. The molecule has 1 heterocycles. The van der Waals surface area contributed by atoms with Crippen LogP contribution < -0.4 is 10.1 Å². The van der Waals surface area contributed by atoms with Crippen molar-refractivity contribution in [1.82, 2.24) is 5.32 Å². The van der Waals surface area contributed by atoms with Gasteiger partial charge in [0.15, 0.2) is 0 Å². The molecule has 1 aliphatic heterocycles. The molecule has 1 fully saturated rings. The van der Waals surface area contributed by atoms with Crippen LogP contribution in [0, 0.1) is 6.92 Å². The van der Waals surface area contributed by atoms with E-state index < -0.39 is 0 Å². The summed E-state index contributed by atoms with van der Waals surface area (Å²) in [6.45, 7) is 6.04. The third-order valence-corrected chi connectivity index (χ3v) is 3.10. The highest BCUT2D eigenvalue weighted by Gasteiger charge is 2.34. The molecule has 1 aromatic rings. The Labute approximate surface area is 92.8 Å². The quantitative estimate of drug-likeness (QED) is 0.877. The van der Waals surface area contributed by atoms with Crippen molar-refractivity contribution in [2.24, 2.45) is 0 Å². The molecule has 0 radical (unpaired) electrons. The highest BCUT2D eigenvalue weighted by atomic mass is 79.9. The average Bonchev–Trinajstić information content (AvgIpc) is 2.09. The maximum absolute atomic E-state index is 5.94. The van der Waals surface area contributed by atoms with Crippen LogP contribution in [0.25, 0.3) is 0 Å². The van der Waals surface area contributed by atoms with Crippen molar-refractivity contribution in [3.05, 3.63) is 28.2 Å². The fourth-order valence-electron chi connectivity index (χ4n) is 1.50. The van der Waals surface area contributed by atoms with Crippen LogP contribution in [0.2, 0.25) is 0 Å². The fraction of sp³-hybridized carbons (Fsp3) is 0.455. The lowest BCUT2D eigenvalue weighted by atomic mass is 10.00. The van der Waals surface area contributed by atoms with E-state index in [0.29, 0.717) is 0 Å². The van der Waals surface area contributed by atoms with E-state index in [9.17, 15) is 0 Å². The van der Waals surface area contributed by atoms with E-state index in [4.69, 9.17) is 4.74 Å². The zero-order valence-electron chi connectivity index (χ0n) is 8.43. The molecule has 2 rings (SSSR count). The fourth-order valence-corrected chi connectivity index (χ4v) is 1.83. The minimum Gasteiger partial charge on any atom is -0.484 e. The van der Waals surface area contributed by atoms with E-state index in [-0.39, 0.29) is 5.60 Å². The zero-order valence-corrected chi connectivity index (χ0v) is 10.0. The van der Waals surface area contributed by atoms with Gasteiger partial charge in [-0.05, 0) is 47.5 Å². The van der Waals surface area contributed by atoms with Crippen molar-refractivity contribution < 1.29 is 4.74 Å². The molecule has 0 bridgehead atoms. The molecule has 0 saturated carbocycles. The monoisotopic (exact) mass is 255 g/mol. The summed E-state index contributed by atoms with van der Waals surface area (Å²) in [6.07, 6.45) is 0. The van der Waals surface area contributed by atoms with Gasteiger partial charge >= 0.3 is 0 Å². The van der Waals surface area contributed by atoms with Crippen LogP contribution in [0.1, 0.15) is 12.5 Å². The molecule has 1 aromatic carbocycles. The Morgan fingerprint density at radius 3 is 2.71 bits per heavy atom. The van der Waals surface area contributed by atoms with E-state index in [0.717, 1.165) is 23.3 Å². The van der Waals surface area contributed by atoms with Crippen LogP contribution >= 0.6 is 15.9 Å². The molecular weight excluding hydrogens is 242 g/mol. The van der Waals surface area contributed by atoms with Crippen molar-refractivity contribution in [2.75, 3.05) is 13.1 Å². The first-order chi connectivity index (χ1) is 6.59. The predicted molar refractivity (Wildman–Crippen MR) is 60.8 cm³/mol. The highest BCUT2D eigenvalue weighted by Crippen LogP contribution is 2.30. The minimum absolute atomic E-state index is 0.0314. The highest BCUT2D eigenvalue weighted by molar-refractivity contribution is 9.10. The summed E-state index contributed by atoms with van der Waals surface area (Å²) < 4.78 is 6.96. The molecule has 2 nitrogen and oxygen atoms in total. The first-order valence-corrected chi connectivity index (χ1v) is 5.54. The van der Waals surface area contributed by atoms with Gasteiger partial charge in [-0.2, -0.15) is 0 Å². The Hall–Kier alpha value is -0.540. The van der Waals surface area contributed by atoms with Crippen LogP contribution in [0.5, 0.6) is 5.75 Å². The summed E-state index contributed by atoms with van der Waals surface area (Å²) in [4.78, 5) is 0. The van der Waals surface area contributed by atoms with Gasteiger partial charge in [-0.1, -0.05) is 6.07 Å². The lowest BCUT2D eigenvalue weighted by Crippen LogP contribution is -2.61. The van der Waals surface area contributed by atoms with Gasteiger partial charge in [-0.15, -0.1) is 0 Å². The molecule has 1 N–H and O–H groups in total. The molecule has 3 heteroatoms. The maximum Gasteiger partial charge on any atom is 0.134 e. The smallest absolute Gasteiger partial charge is 0.134 e. The number of aryl methyl sites for hydroxylation is 1. The molecule has 1 aliphatic rings. The third-order valence-electron chi connectivity index (χ3n) is 2.44. The Balaban J connectivity index is 2.19. The van der Waals surface area contributed by atoms with E-state index in [1.54, 1.807) is 0 Å². The molecule has 0 atom stereocenters. The van der Waals surface area contributed by atoms with Gasteiger partial charge in [-0.25, -0.2) is 0 Å². The molecular formula is C11H14BrNO. The minimum atomic E-state index is -0.0314. The number of halogens is 1. The summed E-state index contributed by atoms with van der Waals surface area (Å²) in [5.41, 5.74) is 1.19. The van der Waals surface area contributed by atoms with Crippen molar-refractivity contribution >= 4 is 15.9 Å². The largest absolute Gasteiger partial charge is 0.484 e. The molecule has 0 spiro atoms. The second kappa shape index (κ2) is 3.55. The lowest BCUT2D eigenvalue weighted by Gasteiger charge is -2.39. The van der Waals surface area contributed by atoms with Crippen LogP contribution in [0.15, 0.2) is 22.7 Å². The first-order valence-electron chi connectivity index (χ1n) is 4.75. The van der Waals surface area contributed by atoms with Gasteiger partial charge in [0.2, 0.25) is 0 Å². The SMILES string of the molecule is Cc1ccc(Br)c(OC2(C)CNC2)c1. The topological polar surface area (TPSA) is 21.3 Å². The van der Waals surface area contributed by atoms with Gasteiger partial charge in [0.05, 0.1) is 4.47 Å². The zero-order chi connectivity index (χ0) is 10.2. The standard InChI is InChI=1S/C11H14BrNO/c1-8-3-4-9(12)10(5-8)14-11(2)6-13-7-11/h3-5,13H,6-7H2,1-2H3. The number of benzene rings is 1. The van der Waals surface area contributed by atoms with Gasteiger partial charge in [0, 0.05) is 13.1 Å². The Kier molecular flexibility index (Phi) is 2.54. The van der Waals surface area contributed by atoms with Crippen molar-refractivity contribution in [3.63, 3.8) is 0 Å². The first kappa shape index (κ1) is 9.99. The van der Waals surface area contributed by atoms with Gasteiger partial charge < -0.3 is 10.1 Å². The molecule has 0 aromatic heterocycles. The lowest BCUT2D eigenvalue weighted by molar-refractivity contribution is 0.0341. The second-order valence-corrected chi connectivity index (χ2v) is 4.94. The number of hydrogen-bond acceptors (Lipinski definition) is 2. The number of rotatable bonds is 2. The normalized spacial score (nSPS) is 18.8. The summed E-state index contributed by atoms with van der Waals surface area (Å²) in [5, 5.41) is 3.22. The third kappa shape index (κ3) is 1.93. The molecule has 76 valence electrons. The Morgan fingerprint density at radius 2 is 2.14 bits per heavy atom. The Bertz CT molecular complexity index is 347. The molecule has 1 saturated heterocycles. The summed E-state index contributed by atoms with van der Waals surface area (Å²) in [6, 6.07) is 6.16. The maximum atomic E-state index is 5.94. The Morgan fingerprint density at radius 1 is 1.43 bits per heavy atom. The second-order valence-electron chi connectivity index (χ2n) is 4.09. The van der Waals surface area contributed by atoms with Crippen molar-refractivity contribution in [1.29, 1.82) is 0 Å². The van der Waals surface area contributed by atoms with Gasteiger partial charge in [0.25, 0.3) is 0 Å². The van der Waals surface area contributed by atoms with Crippen molar-refractivity contribution in [2.45, 2.75) is 19.4 Å². The van der Waals surface area contributed by atoms with Crippen LogP contribution in [-0.2, 0) is 0 Å². The molecule has 0 amide bonds. The number of ether oxygens (including phenoxy) is 1.